The molecule has 1 fully saturated rings. The largest absolute Gasteiger partial charge is 0.378 e. The molecule has 0 bridgehead atoms. The Bertz CT molecular complexity index is 375. The summed E-state index contributed by atoms with van der Waals surface area (Å²) >= 11 is 0. The lowest BCUT2D eigenvalue weighted by atomic mass is 9.92. The molecule has 0 heterocycles. The lowest BCUT2D eigenvalue weighted by Crippen LogP contribution is -2.28. The predicted molar refractivity (Wildman–Crippen MR) is 66.3 cm³/mol. The zero-order valence-corrected chi connectivity index (χ0v) is 10.4. The number of rotatable bonds is 4. The highest BCUT2D eigenvalue weighted by molar-refractivity contribution is 5.30. The maximum atomic E-state index is 6.11. The van der Waals surface area contributed by atoms with Gasteiger partial charge in [-0.2, -0.15) is 0 Å². The quantitative estimate of drug-likeness (QED) is 0.844. The fraction of sp³-hybridized carbons (Fsp3) is 0.571. The first kappa shape index (κ1) is 11.6. The average Bonchev–Trinajstić information content (AvgIpc) is 2.98. The molecule has 2 N–H and O–H groups in total. The van der Waals surface area contributed by atoms with Gasteiger partial charge in [-0.1, -0.05) is 24.3 Å². The fourth-order valence-corrected chi connectivity index (χ4v) is 2.05. The molecule has 0 radical (unpaired) electrons. The minimum atomic E-state index is -0.264. The molecule has 0 saturated heterocycles. The van der Waals surface area contributed by atoms with Crippen molar-refractivity contribution in [3.8, 4) is 0 Å². The smallest absolute Gasteiger partial charge is 0.0721 e. The van der Waals surface area contributed by atoms with E-state index >= 15 is 0 Å². The lowest BCUT2D eigenvalue weighted by molar-refractivity contribution is 0.0807. The Morgan fingerprint density at radius 1 is 1.38 bits per heavy atom. The molecule has 0 aromatic heterocycles. The average molecular weight is 219 g/mol. The molecule has 16 heavy (non-hydrogen) atoms. The van der Waals surface area contributed by atoms with E-state index < -0.39 is 0 Å². The van der Waals surface area contributed by atoms with Crippen LogP contribution in [0.1, 0.15) is 37.8 Å². The van der Waals surface area contributed by atoms with E-state index in [1.54, 1.807) is 0 Å². The molecule has 0 unspecified atom stereocenters. The van der Waals surface area contributed by atoms with Crippen LogP contribution in [0.25, 0.3) is 0 Å². The summed E-state index contributed by atoms with van der Waals surface area (Å²) in [4.78, 5) is 0. The van der Waals surface area contributed by atoms with Crippen LogP contribution < -0.4 is 5.73 Å². The Kier molecular flexibility index (Phi) is 2.81. The second-order valence-corrected chi connectivity index (χ2v) is 5.49. The molecule has 0 spiro atoms. The number of nitrogens with two attached hydrogens (primary N) is 1. The van der Waals surface area contributed by atoms with Crippen LogP contribution in [0.4, 0.5) is 0 Å². The zero-order chi connectivity index (χ0) is 11.8. The molecule has 1 saturated carbocycles. The summed E-state index contributed by atoms with van der Waals surface area (Å²) in [5.74, 6) is 0. The second-order valence-electron chi connectivity index (χ2n) is 5.49. The van der Waals surface area contributed by atoms with Crippen LogP contribution in [0.3, 0.4) is 0 Å². The van der Waals surface area contributed by atoms with Gasteiger partial charge in [-0.15, -0.1) is 0 Å². The summed E-state index contributed by atoms with van der Waals surface area (Å²) in [7, 11) is 1.81. The molecule has 0 amide bonds. The third-order valence-electron chi connectivity index (χ3n) is 3.44. The normalized spacial score (nSPS) is 18.5. The van der Waals surface area contributed by atoms with Crippen LogP contribution in [0.2, 0.25) is 0 Å². The second kappa shape index (κ2) is 3.86. The molecule has 2 rings (SSSR count). The molecule has 1 aliphatic carbocycles. The summed E-state index contributed by atoms with van der Waals surface area (Å²) in [5, 5.41) is 0. The van der Waals surface area contributed by atoms with Gasteiger partial charge in [0.25, 0.3) is 0 Å². The fourth-order valence-electron chi connectivity index (χ4n) is 2.05. The van der Waals surface area contributed by atoms with Crippen molar-refractivity contribution in [2.24, 2.45) is 5.73 Å². The van der Waals surface area contributed by atoms with Gasteiger partial charge in [-0.25, -0.2) is 0 Å². The molecule has 2 nitrogen and oxygen atoms in total. The zero-order valence-electron chi connectivity index (χ0n) is 10.4. The van der Waals surface area contributed by atoms with Crippen LogP contribution >= 0.6 is 0 Å². The Balaban J connectivity index is 2.17. The SMILES string of the molecule is COC1(Cc2cccc(C(C)(C)N)c2)CC1. The topological polar surface area (TPSA) is 35.2 Å². The van der Waals surface area contributed by atoms with Crippen LogP contribution in [0, 0.1) is 0 Å². The van der Waals surface area contributed by atoms with Gasteiger partial charge in [0.15, 0.2) is 0 Å². The molecular weight excluding hydrogens is 198 g/mol. The van der Waals surface area contributed by atoms with Gasteiger partial charge in [0.1, 0.15) is 0 Å². The van der Waals surface area contributed by atoms with Crippen molar-refractivity contribution >= 4 is 0 Å². The van der Waals surface area contributed by atoms with Crippen molar-refractivity contribution in [3.63, 3.8) is 0 Å². The van der Waals surface area contributed by atoms with Gasteiger partial charge in [0.2, 0.25) is 0 Å². The van der Waals surface area contributed by atoms with Gasteiger partial charge in [0.05, 0.1) is 5.60 Å². The van der Waals surface area contributed by atoms with E-state index in [2.05, 4.69) is 24.3 Å². The first-order chi connectivity index (χ1) is 7.45. The minimum Gasteiger partial charge on any atom is -0.378 e. The maximum Gasteiger partial charge on any atom is 0.0721 e. The predicted octanol–water partition coefficient (Wildman–Crippen LogP) is 2.60. The van der Waals surface area contributed by atoms with E-state index in [1.165, 1.54) is 24.0 Å². The number of hydrogen-bond donors (Lipinski definition) is 1. The maximum absolute atomic E-state index is 6.11. The summed E-state index contributed by atoms with van der Waals surface area (Å²) in [6, 6.07) is 8.55. The van der Waals surface area contributed by atoms with E-state index in [9.17, 15) is 0 Å². The van der Waals surface area contributed by atoms with Gasteiger partial charge < -0.3 is 10.5 Å². The highest BCUT2D eigenvalue weighted by Crippen LogP contribution is 2.42. The highest BCUT2D eigenvalue weighted by atomic mass is 16.5. The van der Waals surface area contributed by atoms with Crippen molar-refractivity contribution in [3.05, 3.63) is 35.4 Å². The summed E-state index contributed by atoms with van der Waals surface area (Å²) in [6.45, 7) is 4.07. The van der Waals surface area contributed by atoms with Crippen molar-refractivity contribution in [1.29, 1.82) is 0 Å². The Morgan fingerprint density at radius 3 is 2.56 bits per heavy atom. The summed E-state index contributed by atoms with van der Waals surface area (Å²) in [5.41, 5.74) is 8.49. The van der Waals surface area contributed by atoms with Gasteiger partial charge in [-0.3, -0.25) is 0 Å². The van der Waals surface area contributed by atoms with E-state index in [0.717, 1.165) is 6.42 Å². The molecule has 1 aliphatic rings. The van der Waals surface area contributed by atoms with E-state index in [0.29, 0.717) is 0 Å². The van der Waals surface area contributed by atoms with E-state index in [1.807, 2.05) is 21.0 Å². The molecular formula is C14H21NO. The molecule has 88 valence electrons. The van der Waals surface area contributed by atoms with Crippen LogP contribution in [-0.4, -0.2) is 12.7 Å². The van der Waals surface area contributed by atoms with Crippen LogP contribution in [-0.2, 0) is 16.7 Å². The lowest BCUT2D eigenvalue weighted by Gasteiger charge is -2.21. The summed E-state index contributed by atoms with van der Waals surface area (Å²) < 4.78 is 5.55. The van der Waals surface area contributed by atoms with Gasteiger partial charge in [-0.05, 0) is 37.8 Å². The highest BCUT2D eigenvalue weighted by Gasteiger charge is 2.42. The Hall–Kier alpha value is -0.860. The molecule has 1 aromatic carbocycles. The van der Waals surface area contributed by atoms with Gasteiger partial charge in [0, 0.05) is 19.1 Å². The number of methoxy groups -OCH3 is 1. The minimum absolute atomic E-state index is 0.122. The van der Waals surface area contributed by atoms with Crippen molar-refractivity contribution in [2.75, 3.05) is 7.11 Å². The first-order valence-corrected chi connectivity index (χ1v) is 5.89. The standard InChI is InChI=1S/C14H21NO/c1-13(2,15)12-6-4-5-11(9-12)10-14(16-3)7-8-14/h4-6,9H,7-8,10,15H2,1-3H3. The number of ether oxygens (including phenoxy) is 1. The monoisotopic (exact) mass is 219 g/mol. The molecule has 0 aliphatic heterocycles. The van der Waals surface area contributed by atoms with Crippen molar-refractivity contribution in [2.45, 2.75) is 44.2 Å². The molecule has 0 atom stereocenters. The van der Waals surface area contributed by atoms with Crippen molar-refractivity contribution < 1.29 is 4.74 Å². The molecule has 2 heteroatoms. The number of benzene rings is 1. The first-order valence-electron chi connectivity index (χ1n) is 5.89. The third kappa shape index (κ3) is 2.45. The van der Waals surface area contributed by atoms with E-state index in [4.69, 9.17) is 10.5 Å². The van der Waals surface area contributed by atoms with Crippen LogP contribution in [0.15, 0.2) is 24.3 Å². The summed E-state index contributed by atoms with van der Waals surface area (Å²) in [6.07, 6.45) is 3.37. The van der Waals surface area contributed by atoms with Crippen LogP contribution in [0.5, 0.6) is 0 Å². The van der Waals surface area contributed by atoms with Gasteiger partial charge >= 0.3 is 0 Å². The Labute approximate surface area is 97.8 Å². The molecule has 1 aromatic rings. The number of hydrogen-bond acceptors (Lipinski definition) is 2. The van der Waals surface area contributed by atoms with E-state index in [-0.39, 0.29) is 11.1 Å². The Morgan fingerprint density at radius 2 is 2.06 bits per heavy atom. The third-order valence-corrected chi connectivity index (χ3v) is 3.44. The van der Waals surface area contributed by atoms with Crippen molar-refractivity contribution in [1.82, 2.24) is 0 Å².